The Labute approximate surface area is 105 Å². The van der Waals surface area contributed by atoms with Crippen LogP contribution in [0.4, 0.5) is 0 Å². The van der Waals surface area contributed by atoms with Gasteiger partial charge in [0.15, 0.2) is 5.17 Å². The summed E-state index contributed by atoms with van der Waals surface area (Å²) < 4.78 is 0. The Morgan fingerprint density at radius 3 is 2.38 bits per heavy atom. The minimum absolute atomic E-state index is 0.130. The molecule has 0 fully saturated rings. The number of thioether (sulfide) groups is 1. The van der Waals surface area contributed by atoms with Crippen LogP contribution in [-0.2, 0) is 0 Å². The lowest BCUT2D eigenvalue weighted by atomic mass is 9.82. The van der Waals surface area contributed by atoms with E-state index in [4.69, 9.17) is 0 Å². The summed E-state index contributed by atoms with van der Waals surface area (Å²) in [4.78, 5) is 4.59. The van der Waals surface area contributed by atoms with Crippen LogP contribution in [0.3, 0.4) is 0 Å². The highest BCUT2D eigenvalue weighted by atomic mass is 32.2. The van der Waals surface area contributed by atoms with Crippen molar-refractivity contribution in [2.45, 2.75) is 53.5 Å². The van der Waals surface area contributed by atoms with Gasteiger partial charge in [0, 0.05) is 17.8 Å². The molecule has 1 N–H and O–H groups in total. The molecule has 94 valence electrons. The van der Waals surface area contributed by atoms with Gasteiger partial charge in [0.05, 0.1) is 0 Å². The Morgan fingerprint density at radius 1 is 1.31 bits per heavy atom. The maximum atomic E-state index is 4.59. The fraction of sp³-hybridized carbons (Fsp3) is 0.923. The lowest BCUT2D eigenvalue weighted by Gasteiger charge is -2.35. The van der Waals surface area contributed by atoms with Crippen LogP contribution >= 0.6 is 11.8 Å². The van der Waals surface area contributed by atoms with Gasteiger partial charge >= 0.3 is 0 Å². The predicted octanol–water partition coefficient (Wildman–Crippen LogP) is 3.53. The molecule has 0 saturated heterocycles. The van der Waals surface area contributed by atoms with Crippen LogP contribution in [0.5, 0.6) is 0 Å². The molecular formula is C13H26N2S. The largest absolute Gasteiger partial charge is 0.360 e. The smallest absolute Gasteiger partial charge is 0.156 e. The van der Waals surface area contributed by atoms with E-state index in [1.54, 1.807) is 0 Å². The first-order valence-electron chi connectivity index (χ1n) is 6.13. The maximum Gasteiger partial charge on any atom is 0.156 e. The number of nitrogens with zero attached hydrogens (tertiary/aromatic N) is 1. The van der Waals surface area contributed by atoms with Crippen molar-refractivity contribution >= 4 is 16.9 Å². The molecule has 0 saturated carbocycles. The Balaban J connectivity index is 2.52. The summed E-state index contributed by atoms with van der Waals surface area (Å²) in [5.41, 5.74) is 0.481. The van der Waals surface area contributed by atoms with Gasteiger partial charge in [-0.3, -0.25) is 4.99 Å². The average Bonchev–Trinajstić information content (AvgIpc) is 2.04. The van der Waals surface area contributed by atoms with Gasteiger partial charge in [-0.05, 0) is 31.6 Å². The van der Waals surface area contributed by atoms with E-state index in [1.807, 2.05) is 11.8 Å². The fourth-order valence-electron chi connectivity index (χ4n) is 2.29. The van der Waals surface area contributed by atoms with Gasteiger partial charge in [-0.2, -0.15) is 0 Å². The molecule has 0 aromatic carbocycles. The Kier molecular flexibility index (Phi) is 4.33. The normalized spacial score (nSPS) is 22.9. The van der Waals surface area contributed by atoms with Crippen molar-refractivity contribution in [1.82, 2.24) is 5.32 Å². The lowest BCUT2D eigenvalue weighted by molar-refractivity contribution is 0.268. The lowest BCUT2D eigenvalue weighted by Crippen LogP contribution is -2.45. The third kappa shape index (κ3) is 5.24. The summed E-state index contributed by atoms with van der Waals surface area (Å²) >= 11 is 1.86. The van der Waals surface area contributed by atoms with Crippen LogP contribution in [-0.4, -0.2) is 23.0 Å². The SMILES string of the molecule is CC1CN=C(NC(C)(C)CC(C)(C)C)SC1. The first-order chi connectivity index (χ1) is 7.18. The predicted molar refractivity (Wildman–Crippen MR) is 75.2 cm³/mol. The molecule has 0 aromatic heterocycles. The van der Waals surface area contributed by atoms with Gasteiger partial charge in [0.1, 0.15) is 0 Å². The highest BCUT2D eigenvalue weighted by Crippen LogP contribution is 2.28. The molecule has 1 unspecified atom stereocenters. The number of rotatable bonds is 2. The zero-order valence-corrected chi connectivity index (χ0v) is 12.4. The van der Waals surface area contributed by atoms with E-state index < -0.39 is 0 Å². The molecule has 0 spiro atoms. The van der Waals surface area contributed by atoms with E-state index in [1.165, 1.54) is 5.75 Å². The zero-order chi connectivity index (χ0) is 12.4. The Hall–Kier alpha value is -0.180. The molecule has 0 aliphatic carbocycles. The maximum absolute atomic E-state index is 4.59. The van der Waals surface area contributed by atoms with Crippen molar-refractivity contribution < 1.29 is 0 Å². The summed E-state index contributed by atoms with van der Waals surface area (Å²) in [6.07, 6.45) is 1.15. The topological polar surface area (TPSA) is 24.4 Å². The van der Waals surface area contributed by atoms with Crippen molar-refractivity contribution in [2.24, 2.45) is 16.3 Å². The molecule has 1 heterocycles. The summed E-state index contributed by atoms with van der Waals surface area (Å²) in [7, 11) is 0. The van der Waals surface area contributed by atoms with Crippen LogP contribution < -0.4 is 5.32 Å². The fourth-order valence-corrected chi connectivity index (χ4v) is 3.36. The monoisotopic (exact) mass is 242 g/mol. The van der Waals surface area contributed by atoms with Gasteiger partial charge < -0.3 is 5.32 Å². The van der Waals surface area contributed by atoms with Crippen LogP contribution in [0.15, 0.2) is 4.99 Å². The zero-order valence-electron chi connectivity index (χ0n) is 11.6. The quantitative estimate of drug-likeness (QED) is 0.801. The average molecular weight is 242 g/mol. The molecule has 0 amide bonds. The molecule has 3 heteroatoms. The van der Waals surface area contributed by atoms with Crippen LogP contribution in [0.2, 0.25) is 0 Å². The molecule has 0 aromatic rings. The van der Waals surface area contributed by atoms with Crippen molar-refractivity contribution in [3.05, 3.63) is 0 Å². The molecule has 16 heavy (non-hydrogen) atoms. The van der Waals surface area contributed by atoms with E-state index in [2.05, 4.69) is 51.9 Å². The molecule has 1 atom stereocenters. The third-order valence-electron chi connectivity index (χ3n) is 2.47. The number of hydrogen-bond donors (Lipinski definition) is 1. The van der Waals surface area contributed by atoms with Crippen molar-refractivity contribution in [2.75, 3.05) is 12.3 Å². The minimum Gasteiger partial charge on any atom is -0.360 e. The van der Waals surface area contributed by atoms with Gasteiger partial charge in [0.2, 0.25) is 0 Å². The van der Waals surface area contributed by atoms with E-state index in [-0.39, 0.29) is 5.54 Å². The first kappa shape index (κ1) is 13.9. The number of nitrogens with one attached hydrogen (secondary N) is 1. The second-order valence-corrected chi connectivity index (χ2v) is 7.82. The molecular weight excluding hydrogens is 216 g/mol. The van der Waals surface area contributed by atoms with Crippen molar-refractivity contribution in [1.29, 1.82) is 0 Å². The van der Waals surface area contributed by atoms with Crippen LogP contribution in [0.1, 0.15) is 48.0 Å². The van der Waals surface area contributed by atoms with Gasteiger partial charge in [-0.15, -0.1) is 0 Å². The Bertz CT molecular complexity index is 264. The van der Waals surface area contributed by atoms with Crippen LogP contribution in [0, 0.1) is 11.3 Å². The highest BCUT2D eigenvalue weighted by Gasteiger charge is 2.27. The van der Waals surface area contributed by atoms with E-state index in [0.717, 1.165) is 24.1 Å². The number of hydrogen-bond acceptors (Lipinski definition) is 3. The van der Waals surface area contributed by atoms with Crippen molar-refractivity contribution in [3.63, 3.8) is 0 Å². The van der Waals surface area contributed by atoms with E-state index >= 15 is 0 Å². The van der Waals surface area contributed by atoms with Gasteiger partial charge in [-0.25, -0.2) is 0 Å². The molecule has 1 aliphatic heterocycles. The molecule has 0 bridgehead atoms. The minimum atomic E-state index is 0.130. The first-order valence-corrected chi connectivity index (χ1v) is 7.12. The summed E-state index contributed by atoms with van der Waals surface area (Å²) in [5.74, 6) is 1.92. The van der Waals surface area contributed by atoms with Crippen LogP contribution in [0.25, 0.3) is 0 Å². The molecule has 2 nitrogen and oxygen atoms in total. The van der Waals surface area contributed by atoms with Gasteiger partial charge in [-0.1, -0.05) is 39.5 Å². The number of amidine groups is 1. The van der Waals surface area contributed by atoms with E-state index in [0.29, 0.717) is 5.41 Å². The summed E-state index contributed by atoms with van der Waals surface area (Å²) in [6.45, 7) is 14.6. The van der Waals surface area contributed by atoms with Gasteiger partial charge in [0.25, 0.3) is 0 Å². The molecule has 1 aliphatic rings. The Morgan fingerprint density at radius 2 is 1.94 bits per heavy atom. The van der Waals surface area contributed by atoms with E-state index in [9.17, 15) is 0 Å². The highest BCUT2D eigenvalue weighted by molar-refractivity contribution is 8.13. The second-order valence-electron chi connectivity index (χ2n) is 6.81. The standard InChI is InChI=1S/C13H26N2S/c1-10-7-14-11(16-8-10)15-13(5,6)9-12(2,3)4/h10H,7-9H2,1-6H3,(H,14,15). The molecule has 1 rings (SSSR count). The second kappa shape index (κ2) is 4.99. The molecule has 0 radical (unpaired) electrons. The number of aliphatic imine (C=N–C) groups is 1. The third-order valence-corrected chi connectivity index (χ3v) is 3.71. The summed E-state index contributed by atoms with van der Waals surface area (Å²) in [6, 6.07) is 0. The summed E-state index contributed by atoms with van der Waals surface area (Å²) in [5, 5.41) is 4.72. The van der Waals surface area contributed by atoms with Crippen molar-refractivity contribution in [3.8, 4) is 0 Å².